The third-order valence-corrected chi connectivity index (χ3v) is 5.35. The van der Waals surface area contributed by atoms with Crippen molar-refractivity contribution in [3.63, 3.8) is 0 Å². The summed E-state index contributed by atoms with van der Waals surface area (Å²) in [7, 11) is -1.71. The van der Waals surface area contributed by atoms with Crippen molar-refractivity contribution in [2.45, 2.75) is 44.2 Å². The Morgan fingerprint density at radius 3 is 2.32 bits per heavy atom. The monoisotopic (exact) mass is 289 g/mol. The highest BCUT2D eigenvalue weighted by Crippen LogP contribution is 2.32. The van der Waals surface area contributed by atoms with E-state index in [9.17, 15) is 18.0 Å². The highest BCUT2D eigenvalue weighted by Gasteiger charge is 2.41. The SMILES string of the molecule is COC(=O)CCC(=O)N(C1CC1)C1CCS(=O)(=O)C1. The largest absolute Gasteiger partial charge is 0.469 e. The Hall–Kier alpha value is -1.11. The zero-order chi connectivity index (χ0) is 14.0. The summed E-state index contributed by atoms with van der Waals surface area (Å²) >= 11 is 0. The molecule has 0 aromatic heterocycles. The second kappa shape index (κ2) is 5.48. The smallest absolute Gasteiger partial charge is 0.306 e. The number of nitrogens with zero attached hydrogens (tertiary/aromatic N) is 1. The van der Waals surface area contributed by atoms with Crippen LogP contribution in [0, 0.1) is 0 Å². The Bertz CT molecular complexity index is 469. The number of hydrogen-bond donors (Lipinski definition) is 0. The first-order valence-electron chi connectivity index (χ1n) is 6.51. The molecule has 0 aromatic rings. The van der Waals surface area contributed by atoms with Crippen LogP contribution in [0.2, 0.25) is 0 Å². The number of rotatable bonds is 5. The summed E-state index contributed by atoms with van der Waals surface area (Å²) in [5, 5.41) is 0. The summed E-state index contributed by atoms with van der Waals surface area (Å²) in [5.74, 6) is -0.323. The van der Waals surface area contributed by atoms with Gasteiger partial charge in [0.15, 0.2) is 9.84 Å². The van der Waals surface area contributed by atoms with Crippen LogP contribution in [0.5, 0.6) is 0 Å². The van der Waals surface area contributed by atoms with Gasteiger partial charge in [-0.3, -0.25) is 9.59 Å². The molecule has 2 rings (SSSR count). The van der Waals surface area contributed by atoms with Gasteiger partial charge in [0.1, 0.15) is 0 Å². The second-order valence-electron chi connectivity index (χ2n) is 5.17. The molecule has 2 fully saturated rings. The summed E-state index contributed by atoms with van der Waals surface area (Å²) in [5.41, 5.74) is 0. The molecule has 0 radical (unpaired) electrons. The fraction of sp³-hybridized carbons (Fsp3) is 0.833. The van der Waals surface area contributed by atoms with Crippen molar-refractivity contribution in [3.05, 3.63) is 0 Å². The number of sulfone groups is 1. The molecule has 7 heteroatoms. The molecule has 108 valence electrons. The topological polar surface area (TPSA) is 80.8 Å². The Balaban J connectivity index is 1.96. The van der Waals surface area contributed by atoms with Gasteiger partial charge in [0.2, 0.25) is 5.91 Å². The average molecular weight is 289 g/mol. The zero-order valence-corrected chi connectivity index (χ0v) is 11.8. The molecule has 1 unspecified atom stereocenters. The van der Waals surface area contributed by atoms with Crippen LogP contribution in [0.25, 0.3) is 0 Å². The first kappa shape index (κ1) is 14.3. The summed E-state index contributed by atoms with van der Waals surface area (Å²) in [6.45, 7) is 0. The Kier molecular flexibility index (Phi) is 4.13. The summed E-state index contributed by atoms with van der Waals surface area (Å²) in [4.78, 5) is 24.9. The predicted molar refractivity (Wildman–Crippen MR) is 68.2 cm³/mol. The molecule has 19 heavy (non-hydrogen) atoms. The first-order valence-corrected chi connectivity index (χ1v) is 8.33. The number of methoxy groups -OCH3 is 1. The maximum absolute atomic E-state index is 12.2. The van der Waals surface area contributed by atoms with E-state index < -0.39 is 15.8 Å². The van der Waals surface area contributed by atoms with E-state index in [0.29, 0.717) is 6.42 Å². The lowest BCUT2D eigenvalue weighted by Crippen LogP contribution is -2.42. The Morgan fingerprint density at radius 1 is 1.16 bits per heavy atom. The third-order valence-electron chi connectivity index (χ3n) is 3.60. The predicted octanol–water partition coefficient (Wildman–Crippen LogP) is 0.118. The normalized spacial score (nSPS) is 25.0. The van der Waals surface area contributed by atoms with Crippen LogP contribution in [-0.2, 0) is 24.2 Å². The number of carbonyl (C=O) groups is 2. The minimum absolute atomic E-state index is 0.0536. The minimum Gasteiger partial charge on any atom is -0.469 e. The van der Waals surface area contributed by atoms with Crippen molar-refractivity contribution in [1.29, 1.82) is 0 Å². The lowest BCUT2D eigenvalue weighted by Gasteiger charge is -2.28. The molecule has 1 amide bonds. The van der Waals surface area contributed by atoms with Gasteiger partial charge in [-0.25, -0.2) is 8.42 Å². The maximum atomic E-state index is 12.2. The van der Waals surface area contributed by atoms with E-state index in [1.807, 2.05) is 0 Å². The van der Waals surface area contributed by atoms with Crippen molar-refractivity contribution in [2.75, 3.05) is 18.6 Å². The molecule has 2 aliphatic rings. The van der Waals surface area contributed by atoms with E-state index in [-0.39, 0.29) is 42.3 Å². The molecule has 1 saturated heterocycles. The maximum Gasteiger partial charge on any atom is 0.306 e. The number of amides is 1. The van der Waals surface area contributed by atoms with Crippen molar-refractivity contribution in [2.24, 2.45) is 0 Å². The van der Waals surface area contributed by atoms with E-state index in [1.54, 1.807) is 4.90 Å². The highest BCUT2D eigenvalue weighted by atomic mass is 32.2. The molecule has 0 aromatic carbocycles. The summed E-state index contributed by atoms with van der Waals surface area (Å²) < 4.78 is 27.5. The summed E-state index contributed by atoms with van der Waals surface area (Å²) in [6, 6.07) is -0.0360. The zero-order valence-electron chi connectivity index (χ0n) is 11.0. The number of ether oxygens (including phenoxy) is 1. The van der Waals surface area contributed by atoms with Crippen LogP contribution in [0.3, 0.4) is 0 Å². The van der Waals surface area contributed by atoms with E-state index in [0.717, 1.165) is 12.8 Å². The quantitative estimate of drug-likeness (QED) is 0.671. The second-order valence-corrected chi connectivity index (χ2v) is 7.39. The molecule has 0 spiro atoms. The van der Waals surface area contributed by atoms with Crippen molar-refractivity contribution in [3.8, 4) is 0 Å². The van der Waals surface area contributed by atoms with E-state index in [4.69, 9.17) is 0 Å². The minimum atomic E-state index is -3.00. The molecular formula is C12H19NO5S. The van der Waals surface area contributed by atoms with Crippen molar-refractivity contribution >= 4 is 21.7 Å². The highest BCUT2D eigenvalue weighted by molar-refractivity contribution is 7.91. The molecule has 0 N–H and O–H groups in total. The van der Waals surface area contributed by atoms with E-state index >= 15 is 0 Å². The van der Waals surface area contributed by atoms with Gasteiger partial charge in [0.25, 0.3) is 0 Å². The van der Waals surface area contributed by atoms with Crippen molar-refractivity contribution < 1.29 is 22.7 Å². The van der Waals surface area contributed by atoms with Crippen LogP contribution in [0.1, 0.15) is 32.1 Å². The lowest BCUT2D eigenvalue weighted by molar-refractivity contribution is -0.144. The van der Waals surface area contributed by atoms with Gasteiger partial charge in [0, 0.05) is 18.5 Å². The molecule has 1 aliphatic heterocycles. The fourth-order valence-electron chi connectivity index (χ4n) is 2.49. The molecule has 1 aliphatic carbocycles. The third kappa shape index (κ3) is 3.68. The lowest BCUT2D eigenvalue weighted by atomic mass is 10.2. The van der Waals surface area contributed by atoms with E-state index in [1.165, 1.54) is 7.11 Å². The molecule has 1 saturated carbocycles. The van der Waals surface area contributed by atoms with Crippen molar-refractivity contribution in [1.82, 2.24) is 4.90 Å². The number of hydrogen-bond acceptors (Lipinski definition) is 5. The molecule has 0 bridgehead atoms. The van der Waals surface area contributed by atoms with Gasteiger partial charge in [0.05, 0.1) is 25.0 Å². The van der Waals surface area contributed by atoms with Gasteiger partial charge >= 0.3 is 5.97 Å². The van der Waals surface area contributed by atoms with Gasteiger partial charge in [-0.15, -0.1) is 0 Å². The van der Waals surface area contributed by atoms with Gasteiger partial charge in [-0.1, -0.05) is 0 Å². The number of carbonyl (C=O) groups excluding carboxylic acids is 2. The van der Waals surface area contributed by atoms with Crippen LogP contribution < -0.4 is 0 Å². The fourth-order valence-corrected chi connectivity index (χ4v) is 4.20. The van der Waals surface area contributed by atoms with Gasteiger partial charge < -0.3 is 9.64 Å². The van der Waals surface area contributed by atoms with Gasteiger partial charge in [-0.2, -0.15) is 0 Å². The molecule has 6 nitrogen and oxygen atoms in total. The summed E-state index contributed by atoms with van der Waals surface area (Å²) in [6.07, 6.45) is 2.53. The Morgan fingerprint density at radius 2 is 1.84 bits per heavy atom. The standard InChI is InChI=1S/C12H19NO5S/c1-18-12(15)5-4-11(14)13(9-2-3-9)10-6-7-19(16,17)8-10/h9-10H,2-8H2,1H3. The first-order chi connectivity index (χ1) is 8.93. The molecule has 1 atom stereocenters. The van der Waals surface area contributed by atoms with E-state index in [2.05, 4.69) is 4.74 Å². The Labute approximate surface area is 113 Å². The van der Waals surface area contributed by atoms with Crippen LogP contribution in [0.4, 0.5) is 0 Å². The van der Waals surface area contributed by atoms with Crippen LogP contribution >= 0.6 is 0 Å². The number of esters is 1. The average Bonchev–Trinajstić information content (AvgIpc) is 3.11. The van der Waals surface area contributed by atoms with Gasteiger partial charge in [-0.05, 0) is 19.3 Å². The molecule has 1 heterocycles. The molecular weight excluding hydrogens is 270 g/mol. The van der Waals surface area contributed by atoms with Crippen LogP contribution in [-0.4, -0.2) is 55.9 Å². The van der Waals surface area contributed by atoms with Crippen LogP contribution in [0.15, 0.2) is 0 Å².